The van der Waals surface area contributed by atoms with Crippen molar-refractivity contribution in [3.05, 3.63) is 64.7 Å². The SMILES string of the molecule is COC(CNS(=O)(=O)c1ccc(F)c(F)c1)c1ccccc1Cl. The number of benzene rings is 2. The Morgan fingerprint density at radius 1 is 1.17 bits per heavy atom. The zero-order chi connectivity index (χ0) is 17.0. The second kappa shape index (κ2) is 7.35. The number of nitrogens with one attached hydrogen (secondary N) is 1. The number of hydrogen-bond donors (Lipinski definition) is 1. The molecular weight excluding hydrogens is 348 g/mol. The van der Waals surface area contributed by atoms with Crippen LogP contribution in [-0.2, 0) is 14.8 Å². The van der Waals surface area contributed by atoms with Gasteiger partial charge >= 0.3 is 0 Å². The summed E-state index contributed by atoms with van der Waals surface area (Å²) in [6.45, 7) is -0.110. The molecule has 0 aliphatic carbocycles. The molecule has 0 saturated carbocycles. The van der Waals surface area contributed by atoms with E-state index in [1.54, 1.807) is 24.3 Å². The zero-order valence-electron chi connectivity index (χ0n) is 12.1. The Kier molecular flexibility index (Phi) is 5.69. The molecule has 124 valence electrons. The lowest BCUT2D eigenvalue weighted by atomic mass is 10.1. The lowest BCUT2D eigenvalue weighted by Gasteiger charge is -2.18. The van der Waals surface area contributed by atoms with Gasteiger partial charge in [0.15, 0.2) is 11.6 Å². The Balaban J connectivity index is 2.17. The van der Waals surface area contributed by atoms with Crippen molar-refractivity contribution < 1.29 is 21.9 Å². The number of hydrogen-bond acceptors (Lipinski definition) is 3. The molecule has 23 heavy (non-hydrogen) atoms. The highest BCUT2D eigenvalue weighted by Gasteiger charge is 2.20. The number of methoxy groups -OCH3 is 1. The minimum absolute atomic E-state index is 0.110. The largest absolute Gasteiger partial charge is 0.375 e. The molecule has 2 rings (SSSR count). The van der Waals surface area contributed by atoms with E-state index in [2.05, 4.69) is 4.72 Å². The van der Waals surface area contributed by atoms with Crippen LogP contribution in [0.5, 0.6) is 0 Å². The molecule has 0 aliphatic heterocycles. The maximum absolute atomic E-state index is 13.2. The molecule has 0 spiro atoms. The average Bonchev–Trinajstić information content (AvgIpc) is 2.52. The summed E-state index contributed by atoms with van der Waals surface area (Å²) in [4.78, 5) is -0.370. The van der Waals surface area contributed by atoms with Crippen molar-refractivity contribution in [1.82, 2.24) is 4.72 Å². The van der Waals surface area contributed by atoms with Gasteiger partial charge in [-0.3, -0.25) is 0 Å². The van der Waals surface area contributed by atoms with E-state index >= 15 is 0 Å². The maximum atomic E-state index is 13.2. The maximum Gasteiger partial charge on any atom is 0.240 e. The van der Waals surface area contributed by atoms with Gasteiger partial charge in [-0.05, 0) is 24.3 Å². The number of sulfonamides is 1. The van der Waals surface area contributed by atoms with Crippen molar-refractivity contribution in [2.45, 2.75) is 11.0 Å². The van der Waals surface area contributed by atoms with Gasteiger partial charge in [0, 0.05) is 24.2 Å². The summed E-state index contributed by atoms with van der Waals surface area (Å²) in [7, 11) is -2.59. The lowest BCUT2D eigenvalue weighted by Crippen LogP contribution is -2.29. The molecule has 0 aromatic heterocycles. The second-order valence-electron chi connectivity index (χ2n) is 4.67. The van der Waals surface area contributed by atoms with Crippen molar-refractivity contribution in [2.24, 2.45) is 0 Å². The van der Waals surface area contributed by atoms with E-state index in [0.717, 1.165) is 12.1 Å². The van der Waals surface area contributed by atoms with Gasteiger partial charge < -0.3 is 4.74 Å². The van der Waals surface area contributed by atoms with Crippen LogP contribution in [0.1, 0.15) is 11.7 Å². The van der Waals surface area contributed by atoms with Crippen LogP contribution in [0.25, 0.3) is 0 Å². The molecule has 4 nitrogen and oxygen atoms in total. The monoisotopic (exact) mass is 361 g/mol. The number of halogens is 3. The van der Waals surface area contributed by atoms with Crippen LogP contribution >= 0.6 is 11.6 Å². The summed E-state index contributed by atoms with van der Waals surface area (Å²) in [6.07, 6.45) is -0.622. The van der Waals surface area contributed by atoms with Gasteiger partial charge in [0.2, 0.25) is 10.0 Å². The fraction of sp³-hybridized carbons (Fsp3) is 0.200. The summed E-state index contributed by atoms with van der Waals surface area (Å²) < 4.78 is 57.9. The van der Waals surface area contributed by atoms with Gasteiger partial charge in [-0.25, -0.2) is 21.9 Å². The van der Waals surface area contributed by atoms with E-state index in [4.69, 9.17) is 16.3 Å². The molecule has 1 N–H and O–H groups in total. The molecule has 0 aliphatic rings. The molecule has 0 radical (unpaired) electrons. The Hall–Kier alpha value is -1.54. The third-order valence-corrected chi connectivity index (χ3v) is 4.96. The summed E-state index contributed by atoms with van der Waals surface area (Å²) in [6, 6.07) is 9.22. The standard InChI is InChI=1S/C15H14ClF2NO3S/c1-22-15(11-4-2-3-5-12(11)16)9-19-23(20,21)10-6-7-13(17)14(18)8-10/h2-8,15,19H,9H2,1H3. The summed E-state index contributed by atoms with van der Waals surface area (Å²) in [5.74, 6) is -2.35. The molecule has 0 heterocycles. The molecular formula is C15H14ClF2NO3S. The molecule has 0 bridgehead atoms. The summed E-state index contributed by atoms with van der Waals surface area (Å²) in [5.41, 5.74) is 0.615. The topological polar surface area (TPSA) is 55.4 Å². The van der Waals surface area contributed by atoms with Crippen LogP contribution in [0.2, 0.25) is 5.02 Å². The van der Waals surface area contributed by atoms with Gasteiger partial charge in [0.25, 0.3) is 0 Å². The van der Waals surface area contributed by atoms with E-state index < -0.39 is 27.8 Å². The van der Waals surface area contributed by atoms with Gasteiger partial charge in [0.05, 0.1) is 11.0 Å². The van der Waals surface area contributed by atoms with Crippen molar-refractivity contribution in [3.8, 4) is 0 Å². The van der Waals surface area contributed by atoms with Gasteiger partial charge in [-0.2, -0.15) is 0 Å². The van der Waals surface area contributed by atoms with Crippen LogP contribution in [0.3, 0.4) is 0 Å². The molecule has 1 atom stereocenters. The second-order valence-corrected chi connectivity index (χ2v) is 6.85. The van der Waals surface area contributed by atoms with Crippen LogP contribution in [0.4, 0.5) is 8.78 Å². The lowest BCUT2D eigenvalue weighted by molar-refractivity contribution is 0.107. The van der Waals surface area contributed by atoms with Crippen LogP contribution in [-0.4, -0.2) is 22.1 Å². The molecule has 8 heteroatoms. The summed E-state index contributed by atoms with van der Waals surface area (Å²) >= 11 is 6.05. The third-order valence-electron chi connectivity index (χ3n) is 3.20. The first-order valence-electron chi connectivity index (χ1n) is 6.57. The fourth-order valence-corrected chi connectivity index (χ4v) is 3.27. The summed E-state index contributed by atoms with van der Waals surface area (Å²) in [5, 5.41) is 0.436. The molecule has 0 amide bonds. The predicted octanol–water partition coefficient (Wildman–Crippen LogP) is 3.28. The highest BCUT2D eigenvalue weighted by Crippen LogP contribution is 2.25. The minimum Gasteiger partial charge on any atom is -0.375 e. The van der Waals surface area contributed by atoms with Gasteiger partial charge in [0.1, 0.15) is 0 Å². The van der Waals surface area contributed by atoms with Gasteiger partial charge in [-0.1, -0.05) is 29.8 Å². The van der Waals surface area contributed by atoms with Crippen molar-refractivity contribution in [1.29, 1.82) is 0 Å². The normalized spacial score (nSPS) is 13.0. The Morgan fingerprint density at radius 2 is 1.87 bits per heavy atom. The molecule has 2 aromatic rings. The van der Waals surface area contributed by atoms with Crippen molar-refractivity contribution in [2.75, 3.05) is 13.7 Å². The van der Waals surface area contributed by atoms with Crippen molar-refractivity contribution in [3.63, 3.8) is 0 Å². The first kappa shape index (κ1) is 17.8. The van der Waals surface area contributed by atoms with E-state index in [-0.39, 0.29) is 11.4 Å². The first-order valence-corrected chi connectivity index (χ1v) is 8.43. The molecule has 2 aromatic carbocycles. The fourth-order valence-electron chi connectivity index (χ4n) is 1.97. The van der Waals surface area contributed by atoms with E-state index in [0.29, 0.717) is 16.7 Å². The van der Waals surface area contributed by atoms with E-state index in [1.165, 1.54) is 7.11 Å². The van der Waals surface area contributed by atoms with Crippen LogP contribution in [0, 0.1) is 11.6 Å². The minimum atomic E-state index is -4.01. The molecule has 1 unspecified atom stereocenters. The Morgan fingerprint density at radius 3 is 2.48 bits per heavy atom. The number of ether oxygens (including phenoxy) is 1. The third kappa shape index (κ3) is 4.26. The number of rotatable bonds is 6. The van der Waals surface area contributed by atoms with E-state index in [1.807, 2.05) is 0 Å². The highest BCUT2D eigenvalue weighted by molar-refractivity contribution is 7.89. The quantitative estimate of drug-likeness (QED) is 0.859. The predicted molar refractivity (Wildman–Crippen MR) is 82.7 cm³/mol. The first-order chi connectivity index (χ1) is 10.8. The molecule has 0 saturated heterocycles. The smallest absolute Gasteiger partial charge is 0.240 e. The Labute approximate surface area is 138 Å². The average molecular weight is 362 g/mol. The van der Waals surface area contributed by atoms with Crippen LogP contribution in [0.15, 0.2) is 47.4 Å². The van der Waals surface area contributed by atoms with Crippen molar-refractivity contribution >= 4 is 21.6 Å². The Bertz CT molecular complexity index is 799. The van der Waals surface area contributed by atoms with Gasteiger partial charge in [-0.15, -0.1) is 0 Å². The van der Waals surface area contributed by atoms with Crippen LogP contribution < -0.4 is 4.72 Å². The highest BCUT2D eigenvalue weighted by atomic mass is 35.5. The van der Waals surface area contributed by atoms with E-state index in [9.17, 15) is 17.2 Å². The zero-order valence-corrected chi connectivity index (χ0v) is 13.7. The molecule has 0 fully saturated rings.